The Kier molecular flexibility index (Phi) is 5.04. The fourth-order valence-electron chi connectivity index (χ4n) is 1.55. The zero-order chi connectivity index (χ0) is 14.4. The molecule has 0 atom stereocenters. The predicted molar refractivity (Wildman–Crippen MR) is 83.9 cm³/mol. The van der Waals surface area contributed by atoms with Crippen LogP contribution in [-0.4, -0.2) is 11.7 Å². The lowest BCUT2D eigenvalue weighted by Gasteiger charge is -2.05. The van der Waals surface area contributed by atoms with E-state index in [1.165, 1.54) is 11.3 Å². The van der Waals surface area contributed by atoms with Gasteiger partial charge in [-0.05, 0) is 23.6 Å². The Morgan fingerprint density at radius 2 is 2.20 bits per heavy atom. The summed E-state index contributed by atoms with van der Waals surface area (Å²) in [6.07, 6.45) is 0.377. The number of carbonyl (C=O) groups is 1. The molecule has 1 heterocycles. The second kappa shape index (κ2) is 6.98. The molecule has 0 saturated carbocycles. The minimum Gasteiger partial charge on any atom is -0.398 e. The number of thioether (sulfide) groups is 1. The Hall–Kier alpha value is -1.97. The summed E-state index contributed by atoms with van der Waals surface area (Å²) in [4.78, 5) is 12.8. The van der Waals surface area contributed by atoms with Gasteiger partial charge in [0, 0.05) is 22.8 Å². The lowest BCUT2D eigenvalue weighted by molar-refractivity contribution is -0.115. The number of nitrogens with one attached hydrogen (secondary N) is 1. The van der Waals surface area contributed by atoms with Crippen LogP contribution in [0.5, 0.6) is 0 Å². The molecule has 102 valence electrons. The number of benzene rings is 1. The summed E-state index contributed by atoms with van der Waals surface area (Å²) in [5.41, 5.74) is 7.06. The van der Waals surface area contributed by atoms with Gasteiger partial charge in [0.1, 0.15) is 11.1 Å². The van der Waals surface area contributed by atoms with Crippen LogP contribution >= 0.6 is 23.1 Å². The van der Waals surface area contributed by atoms with Crippen LogP contribution in [0.25, 0.3) is 0 Å². The Bertz CT molecular complexity index is 646. The maximum atomic E-state index is 11.8. The zero-order valence-electron chi connectivity index (χ0n) is 10.6. The van der Waals surface area contributed by atoms with Gasteiger partial charge in [0.15, 0.2) is 0 Å². The first-order valence-corrected chi connectivity index (χ1v) is 7.82. The van der Waals surface area contributed by atoms with Gasteiger partial charge in [-0.3, -0.25) is 4.79 Å². The third-order valence-electron chi connectivity index (χ3n) is 2.54. The van der Waals surface area contributed by atoms with Crippen LogP contribution in [-0.2, 0) is 4.79 Å². The normalized spacial score (nSPS) is 9.95. The third-order valence-corrected chi connectivity index (χ3v) is 4.47. The highest BCUT2D eigenvalue weighted by Crippen LogP contribution is 2.26. The number of para-hydroxylation sites is 1. The highest BCUT2D eigenvalue weighted by molar-refractivity contribution is 7.99. The van der Waals surface area contributed by atoms with Crippen LogP contribution in [0.4, 0.5) is 10.7 Å². The Morgan fingerprint density at radius 1 is 1.40 bits per heavy atom. The van der Waals surface area contributed by atoms with Crippen molar-refractivity contribution in [3.05, 3.63) is 41.3 Å². The first kappa shape index (κ1) is 14.4. The molecule has 0 radical (unpaired) electrons. The summed E-state index contributed by atoms with van der Waals surface area (Å²) in [5.74, 6) is 0.554. The van der Waals surface area contributed by atoms with E-state index in [2.05, 4.69) is 5.32 Å². The predicted octanol–water partition coefficient (Wildman–Crippen LogP) is 3.32. The molecule has 3 N–H and O–H groups in total. The number of nitrogens with zero attached hydrogens (tertiary/aromatic N) is 1. The molecule has 0 aliphatic carbocycles. The van der Waals surface area contributed by atoms with Gasteiger partial charge >= 0.3 is 0 Å². The molecule has 0 unspecified atom stereocenters. The van der Waals surface area contributed by atoms with Gasteiger partial charge < -0.3 is 11.1 Å². The van der Waals surface area contributed by atoms with E-state index in [9.17, 15) is 4.79 Å². The van der Waals surface area contributed by atoms with Crippen LogP contribution in [0.1, 0.15) is 12.0 Å². The molecule has 2 aromatic rings. The van der Waals surface area contributed by atoms with Crippen molar-refractivity contribution < 1.29 is 4.79 Å². The number of nitrogen functional groups attached to an aromatic ring is 1. The number of hydrogen-bond donors (Lipinski definition) is 2. The van der Waals surface area contributed by atoms with E-state index < -0.39 is 0 Å². The summed E-state index contributed by atoms with van der Waals surface area (Å²) in [7, 11) is 0. The average Bonchev–Trinajstić information content (AvgIpc) is 2.88. The summed E-state index contributed by atoms with van der Waals surface area (Å²) in [6.45, 7) is 0. The van der Waals surface area contributed by atoms with Crippen molar-refractivity contribution in [1.82, 2.24) is 0 Å². The van der Waals surface area contributed by atoms with Crippen LogP contribution in [0.3, 0.4) is 0 Å². The molecule has 1 amide bonds. The van der Waals surface area contributed by atoms with Crippen LogP contribution in [0.15, 0.2) is 40.6 Å². The quantitative estimate of drug-likeness (QED) is 0.656. The van der Waals surface area contributed by atoms with E-state index in [0.29, 0.717) is 22.7 Å². The van der Waals surface area contributed by atoms with E-state index in [1.54, 1.807) is 23.2 Å². The van der Waals surface area contributed by atoms with Crippen molar-refractivity contribution >= 4 is 39.7 Å². The number of anilines is 2. The van der Waals surface area contributed by atoms with Gasteiger partial charge in [-0.15, -0.1) is 23.1 Å². The maximum Gasteiger partial charge on any atom is 0.225 e. The number of amides is 1. The van der Waals surface area contributed by atoms with Crippen molar-refractivity contribution in [1.29, 1.82) is 5.26 Å². The fourth-order valence-corrected chi connectivity index (χ4v) is 3.22. The van der Waals surface area contributed by atoms with Gasteiger partial charge in [0.2, 0.25) is 5.91 Å². The molecule has 0 aliphatic heterocycles. The van der Waals surface area contributed by atoms with Crippen LogP contribution < -0.4 is 11.1 Å². The number of carbonyl (C=O) groups excluding carboxylic acids is 1. The highest BCUT2D eigenvalue weighted by Gasteiger charge is 2.08. The summed E-state index contributed by atoms with van der Waals surface area (Å²) in [6, 6.07) is 11.3. The van der Waals surface area contributed by atoms with Gasteiger partial charge in [-0.2, -0.15) is 5.26 Å². The van der Waals surface area contributed by atoms with E-state index in [0.717, 1.165) is 10.6 Å². The number of rotatable bonds is 5. The summed E-state index contributed by atoms with van der Waals surface area (Å²) >= 11 is 2.90. The second-order valence-corrected chi connectivity index (χ2v) is 6.01. The van der Waals surface area contributed by atoms with Crippen molar-refractivity contribution in [3.63, 3.8) is 0 Å². The van der Waals surface area contributed by atoms with Gasteiger partial charge in [-0.1, -0.05) is 12.1 Å². The molecule has 0 saturated heterocycles. The SMILES string of the molecule is N#Cc1ccsc1NC(=O)CCSc1ccccc1N. The summed E-state index contributed by atoms with van der Waals surface area (Å²) in [5, 5.41) is 14.0. The molecule has 0 spiro atoms. The van der Waals surface area contributed by atoms with Gasteiger partial charge in [-0.25, -0.2) is 0 Å². The van der Waals surface area contributed by atoms with Crippen molar-refractivity contribution in [2.45, 2.75) is 11.3 Å². The lowest BCUT2D eigenvalue weighted by atomic mass is 10.3. The molecular weight excluding hydrogens is 290 g/mol. The topological polar surface area (TPSA) is 78.9 Å². The Balaban J connectivity index is 1.82. The Morgan fingerprint density at radius 3 is 2.95 bits per heavy atom. The minimum absolute atomic E-state index is 0.0917. The smallest absolute Gasteiger partial charge is 0.225 e. The molecule has 1 aromatic heterocycles. The third kappa shape index (κ3) is 3.76. The first-order valence-electron chi connectivity index (χ1n) is 5.95. The minimum atomic E-state index is -0.0917. The molecule has 1 aromatic carbocycles. The maximum absolute atomic E-state index is 11.8. The van der Waals surface area contributed by atoms with Crippen LogP contribution in [0.2, 0.25) is 0 Å². The van der Waals surface area contributed by atoms with E-state index in [-0.39, 0.29) is 5.91 Å². The lowest BCUT2D eigenvalue weighted by Crippen LogP contribution is -2.11. The molecule has 20 heavy (non-hydrogen) atoms. The fraction of sp³-hybridized carbons (Fsp3) is 0.143. The molecule has 4 nitrogen and oxygen atoms in total. The average molecular weight is 303 g/mol. The largest absolute Gasteiger partial charge is 0.398 e. The van der Waals surface area contributed by atoms with Crippen molar-refractivity contribution in [2.75, 3.05) is 16.8 Å². The van der Waals surface area contributed by atoms with Crippen molar-refractivity contribution in [2.24, 2.45) is 0 Å². The van der Waals surface area contributed by atoms with E-state index in [4.69, 9.17) is 11.0 Å². The first-order chi connectivity index (χ1) is 9.70. The van der Waals surface area contributed by atoms with Crippen LogP contribution in [0, 0.1) is 11.3 Å². The monoisotopic (exact) mass is 303 g/mol. The second-order valence-electron chi connectivity index (χ2n) is 3.96. The van der Waals surface area contributed by atoms with E-state index in [1.807, 2.05) is 30.3 Å². The number of hydrogen-bond acceptors (Lipinski definition) is 5. The van der Waals surface area contributed by atoms with Gasteiger partial charge in [0.05, 0.1) is 5.56 Å². The molecule has 2 rings (SSSR count). The standard InChI is InChI=1S/C14H13N3OS2/c15-9-10-5-7-20-14(10)17-13(18)6-8-19-12-4-2-1-3-11(12)16/h1-5,7H,6,8,16H2,(H,17,18). The number of nitrogens with two attached hydrogens (primary N) is 1. The van der Waals surface area contributed by atoms with E-state index >= 15 is 0 Å². The zero-order valence-corrected chi connectivity index (χ0v) is 12.3. The number of nitriles is 1. The summed E-state index contributed by atoms with van der Waals surface area (Å²) < 4.78 is 0. The molecular formula is C14H13N3OS2. The highest BCUT2D eigenvalue weighted by atomic mass is 32.2. The number of thiophene rings is 1. The molecule has 6 heteroatoms. The van der Waals surface area contributed by atoms with Gasteiger partial charge in [0.25, 0.3) is 0 Å². The molecule has 0 aliphatic rings. The molecule has 0 fully saturated rings. The Labute approximate surface area is 125 Å². The molecule has 0 bridgehead atoms. The van der Waals surface area contributed by atoms with Crippen molar-refractivity contribution in [3.8, 4) is 6.07 Å².